The number of carbonyl (C=O) groups excluding carboxylic acids is 1. The number of carbonyl (C=O) groups is 1. The van der Waals surface area contributed by atoms with E-state index >= 15 is 0 Å². The monoisotopic (exact) mass is 382 g/mol. The highest BCUT2D eigenvalue weighted by Gasteiger charge is 2.14. The van der Waals surface area contributed by atoms with Gasteiger partial charge in [0.25, 0.3) is 5.91 Å². The van der Waals surface area contributed by atoms with Crippen LogP contribution >= 0.6 is 0 Å². The minimum atomic E-state index is -0.244. The Hall–Kier alpha value is -3.02. The fraction of sp³-hybridized carbons (Fsp3) is 0.364. The van der Waals surface area contributed by atoms with Crippen LogP contribution in [0.2, 0.25) is 0 Å². The van der Waals surface area contributed by atoms with Crippen LogP contribution in [0.25, 0.3) is 0 Å². The first-order valence-corrected chi connectivity index (χ1v) is 9.60. The fourth-order valence-electron chi connectivity index (χ4n) is 2.82. The molecule has 28 heavy (non-hydrogen) atoms. The lowest BCUT2D eigenvalue weighted by atomic mass is 10.0. The van der Waals surface area contributed by atoms with Crippen LogP contribution in [0.15, 0.2) is 47.6 Å². The lowest BCUT2D eigenvalue weighted by Gasteiger charge is -2.07. The normalized spacial score (nSPS) is 13.5. The predicted molar refractivity (Wildman–Crippen MR) is 108 cm³/mol. The first-order chi connectivity index (χ1) is 13.7. The van der Waals surface area contributed by atoms with Crippen LogP contribution in [0.5, 0.6) is 17.2 Å². The van der Waals surface area contributed by atoms with Gasteiger partial charge in [-0.25, -0.2) is 5.43 Å². The molecule has 1 aliphatic rings. The Morgan fingerprint density at radius 1 is 1.21 bits per heavy atom. The van der Waals surface area contributed by atoms with Crippen LogP contribution in [-0.2, 0) is 6.42 Å². The van der Waals surface area contributed by atoms with Crippen molar-refractivity contribution in [3.63, 3.8) is 0 Å². The van der Waals surface area contributed by atoms with Crippen molar-refractivity contribution in [2.75, 3.05) is 13.4 Å². The van der Waals surface area contributed by atoms with E-state index in [-0.39, 0.29) is 18.6 Å². The van der Waals surface area contributed by atoms with E-state index in [9.17, 15) is 4.79 Å². The van der Waals surface area contributed by atoms with E-state index in [1.807, 2.05) is 25.1 Å². The number of amides is 1. The second kappa shape index (κ2) is 9.78. The maximum Gasteiger partial charge on any atom is 0.271 e. The molecular weight excluding hydrogens is 356 g/mol. The zero-order chi connectivity index (χ0) is 19.8. The first-order valence-electron chi connectivity index (χ1n) is 9.60. The van der Waals surface area contributed by atoms with Gasteiger partial charge in [-0.2, -0.15) is 5.10 Å². The number of nitrogens with one attached hydrogen (secondary N) is 1. The molecule has 148 valence electrons. The number of ether oxygens (including phenoxy) is 3. The third kappa shape index (κ3) is 5.49. The van der Waals surface area contributed by atoms with E-state index < -0.39 is 0 Å². The first kappa shape index (κ1) is 19.7. The Labute approximate surface area is 165 Å². The van der Waals surface area contributed by atoms with Crippen LogP contribution in [0.1, 0.15) is 42.6 Å². The molecule has 0 saturated heterocycles. The molecule has 1 aliphatic heterocycles. The smallest absolute Gasteiger partial charge is 0.271 e. The largest absolute Gasteiger partial charge is 0.494 e. The van der Waals surface area contributed by atoms with Crippen molar-refractivity contribution in [1.29, 1.82) is 0 Å². The number of benzene rings is 2. The number of fused-ring (bicyclic) bond motifs is 1. The highest BCUT2D eigenvalue weighted by Crippen LogP contribution is 2.32. The van der Waals surface area contributed by atoms with Crippen molar-refractivity contribution in [2.45, 2.75) is 33.1 Å². The van der Waals surface area contributed by atoms with Gasteiger partial charge >= 0.3 is 0 Å². The predicted octanol–water partition coefficient (Wildman–Crippen LogP) is 4.19. The summed E-state index contributed by atoms with van der Waals surface area (Å²) in [6.45, 7) is 5.12. The highest BCUT2D eigenvalue weighted by molar-refractivity contribution is 5.94. The Morgan fingerprint density at radius 2 is 2.00 bits per heavy atom. The molecular formula is C22H26N2O4. The minimum Gasteiger partial charge on any atom is -0.494 e. The lowest BCUT2D eigenvalue weighted by molar-refractivity contribution is 0.0955. The molecule has 1 heterocycles. The third-order valence-corrected chi connectivity index (χ3v) is 4.37. The van der Waals surface area contributed by atoms with E-state index in [0.29, 0.717) is 12.2 Å². The summed E-state index contributed by atoms with van der Waals surface area (Å²) in [5.41, 5.74) is 4.25. The molecule has 0 saturated carbocycles. The van der Waals surface area contributed by atoms with E-state index in [1.165, 1.54) is 0 Å². The average Bonchev–Trinajstić information content (AvgIpc) is 3.16. The van der Waals surface area contributed by atoms with Crippen LogP contribution in [0, 0.1) is 5.92 Å². The molecule has 0 spiro atoms. The van der Waals surface area contributed by atoms with E-state index in [2.05, 4.69) is 17.5 Å². The molecule has 6 heteroatoms. The quantitative estimate of drug-likeness (QED) is 0.401. The number of hydrogen-bond acceptors (Lipinski definition) is 5. The van der Waals surface area contributed by atoms with Crippen molar-refractivity contribution < 1.29 is 19.0 Å². The summed E-state index contributed by atoms with van der Waals surface area (Å²) in [7, 11) is 0. The van der Waals surface area contributed by atoms with Gasteiger partial charge in [0.05, 0.1) is 6.61 Å². The summed E-state index contributed by atoms with van der Waals surface area (Å²) in [5, 5.41) is 4.09. The maximum atomic E-state index is 12.2. The van der Waals surface area contributed by atoms with Gasteiger partial charge in [-0.15, -0.1) is 0 Å². The van der Waals surface area contributed by atoms with Crippen molar-refractivity contribution >= 4 is 12.1 Å². The molecule has 0 aliphatic carbocycles. The third-order valence-electron chi connectivity index (χ3n) is 4.37. The summed E-state index contributed by atoms with van der Waals surface area (Å²) in [6, 6.07) is 13.0. The van der Waals surface area contributed by atoms with Crippen molar-refractivity contribution in [1.82, 2.24) is 5.43 Å². The molecule has 1 N–H and O–H groups in total. The Balaban J connectivity index is 1.46. The van der Waals surface area contributed by atoms with Gasteiger partial charge in [0.1, 0.15) is 5.75 Å². The van der Waals surface area contributed by atoms with Gasteiger partial charge in [0.15, 0.2) is 11.5 Å². The maximum absolute atomic E-state index is 12.2. The Morgan fingerprint density at radius 3 is 2.79 bits per heavy atom. The lowest BCUT2D eigenvalue weighted by Crippen LogP contribution is -2.18. The molecule has 0 unspecified atom stereocenters. The summed E-state index contributed by atoms with van der Waals surface area (Å²) in [6.07, 6.45) is 4.64. The molecule has 1 atom stereocenters. The number of rotatable bonds is 9. The van der Waals surface area contributed by atoms with E-state index in [1.54, 1.807) is 30.5 Å². The van der Waals surface area contributed by atoms with Crippen LogP contribution in [-0.4, -0.2) is 25.5 Å². The molecule has 6 nitrogen and oxygen atoms in total. The highest BCUT2D eigenvalue weighted by atomic mass is 16.7. The van der Waals surface area contributed by atoms with Gasteiger partial charge in [-0.3, -0.25) is 4.79 Å². The van der Waals surface area contributed by atoms with Gasteiger partial charge in [0, 0.05) is 11.8 Å². The number of nitrogens with zero attached hydrogens (tertiary/aromatic N) is 1. The Kier molecular flexibility index (Phi) is 6.89. The van der Waals surface area contributed by atoms with Crippen molar-refractivity contribution in [2.24, 2.45) is 11.0 Å². The summed E-state index contributed by atoms with van der Waals surface area (Å²) >= 11 is 0. The second-order valence-corrected chi connectivity index (χ2v) is 6.81. The Bertz CT molecular complexity index is 818. The van der Waals surface area contributed by atoms with Gasteiger partial charge < -0.3 is 14.2 Å². The number of unbranched alkanes of at least 4 members (excludes halogenated alkanes) is 1. The summed E-state index contributed by atoms with van der Waals surface area (Å²) in [5.74, 6) is 2.24. The van der Waals surface area contributed by atoms with Gasteiger partial charge in [-0.05, 0) is 60.7 Å². The zero-order valence-electron chi connectivity index (χ0n) is 16.3. The van der Waals surface area contributed by atoms with Crippen molar-refractivity contribution in [3.05, 3.63) is 53.6 Å². The fourth-order valence-corrected chi connectivity index (χ4v) is 2.82. The van der Waals surface area contributed by atoms with Crippen molar-refractivity contribution in [3.8, 4) is 17.2 Å². The standard InChI is InChI=1S/C22H26N2O4/c1-3-4-11-26-19-8-6-18(7-9-19)22(25)24-23-14-16(2)12-17-5-10-20-21(13-17)28-15-27-20/h5-10,13-14,16H,3-4,11-12,15H2,1-2H3,(H,24,25)/t16-/m0/s1. The average molecular weight is 382 g/mol. The van der Waals surface area contributed by atoms with E-state index in [4.69, 9.17) is 14.2 Å². The zero-order valence-corrected chi connectivity index (χ0v) is 16.3. The summed E-state index contributed by atoms with van der Waals surface area (Å²) in [4.78, 5) is 12.2. The molecule has 2 aromatic carbocycles. The van der Waals surface area contributed by atoms with Crippen LogP contribution in [0.3, 0.4) is 0 Å². The molecule has 0 fully saturated rings. The molecule has 0 aromatic heterocycles. The second-order valence-electron chi connectivity index (χ2n) is 6.81. The number of hydrogen-bond donors (Lipinski definition) is 1. The molecule has 0 radical (unpaired) electrons. The van der Waals surface area contributed by atoms with E-state index in [0.717, 1.165) is 42.1 Å². The molecule has 0 bridgehead atoms. The topological polar surface area (TPSA) is 69.2 Å². The molecule has 3 rings (SSSR count). The van der Waals surface area contributed by atoms with Gasteiger partial charge in [-0.1, -0.05) is 26.3 Å². The van der Waals surface area contributed by atoms with Crippen LogP contribution < -0.4 is 19.6 Å². The summed E-state index contributed by atoms with van der Waals surface area (Å²) < 4.78 is 16.3. The van der Waals surface area contributed by atoms with Gasteiger partial charge in [0.2, 0.25) is 6.79 Å². The minimum absolute atomic E-state index is 0.162. The molecule has 2 aromatic rings. The molecule has 1 amide bonds. The SMILES string of the molecule is CCCCOc1ccc(C(=O)NN=C[C@@H](C)Cc2ccc3c(c2)OCO3)cc1. The van der Waals surface area contributed by atoms with Crippen LogP contribution in [0.4, 0.5) is 0 Å². The number of hydrazone groups is 1.